The Kier molecular flexibility index (Phi) is 7.63. The molecule has 0 unspecified atom stereocenters. The Morgan fingerprint density at radius 1 is 0.667 bits per heavy atom. The second kappa shape index (κ2) is 11.6. The molecule has 0 amide bonds. The number of nitrogens with one attached hydrogen (secondary N) is 1. The molecule has 190 valence electrons. The lowest BCUT2D eigenvalue weighted by Crippen LogP contribution is -2.09. The second-order valence-corrected chi connectivity index (χ2v) is 9.38. The Labute approximate surface area is 232 Å². The van der Waals surface area contributed by atoms with E-state index in [-0.39, 0.29) is 17.1 Å². The smallest absolute Gasteiger partial charge is 0.238 e. The molecule has 0 atom stereocenters. The molecular formula is C32H25ClN6. The van der Waals surface area contributed by atoms with Crippen molar-refractivity contribution in [2.24, 2.45) is 0 Å². The van der Waals surface area contributed by atoms with Crippen LogP contribution in [0.2, 0.25) is 5.28 Å². The predicted octanol–water partition coefficient (Wildman–Crippen LogP) is 8.40. The van der Waals surface area contributed by atoms with E-state index in [1.807, 2.05) is 30.3 Å². The van der Waals surface area contributed by atoms with Crippen molar-refractivity contribution < 1.29 is 0 Å². The molecule has 0 fully saturated rings. The summed E-state index contributed by atoms with van der Waals surface area (Å²) >= 11 is 5.86. The van der Waals surface area contributed by atoms with Crippen LogP contribution in [0.3, 0.4) is 0 Å². The normalized spacial score (nSPS) is 10.8. The van der Waals surface area contributed by atoms with Gasteiger partial charge in [-0.25, -0.2) is 0 Å². The SMILES string of the molecule is Cc1ccc(N(c2ccc(C)cc2)c2ccc(/C=C/c3ccc(Nc4nc(Cl)nc(C#N)n4)cc3)cc2)cc1. The molecule has 6 nitrogen and oxygen atoms in total. The maximum absolute atomic E-state index is 9.01. The van der Waals surface area contributed by atoms with Crippen molar-refractivity contribution in [1.82, 2.24) is 15.0 Å². The van der Waals surface area contributed by atoms with Crippen LogP contribution in [0.1, 0.15) is 28.1 Å². The third kappa shape index (κ3) is 6.48. The highest BCUT2D eigenvalue weighted by atomic mass is 35.5. The van der Waals surface area contributed by atoms with E-state index in [0.29, 0.717) is 0 Å². The van der Waals surface area contributed by atoms with E-state index in [4.69, 9.17) is 16.9 Å². The maximum Gasteiger partial charge on any atom is 0.238 e. The summed E-state index contributed by atoms with van der Waals surface area (Å²) in [4.78, 5) is 14.0. The van der Waals surface area contributed by atoms with Gasteiger partial charge in [0.1, 0.15) is 6.07 Å². The molecule has 39 heavy (non-hydrogen) atoms. The number of benzene rings is 4. The minimum atomic E-state index is -0.0380. The molecular weight excluding hydrogens is 504 g/mol. The molecule has 1 heterocycles. The van der Waals surface area contributed by atoms with E-state index >= 15 is 0 Å². The average molecular weight is 529 g/mol. The van der Waals surface area contributed by atoms with Crippen LogP contribution < -0.4 is 10.2 Å². The molecule has 5 aromatic rings. The van der Waals surface area contributed by atoms with Crippen molar-refractivity contribution in [2.45, 2.75) is 13.8 Å². The summed E-state index contributed by atoms with van der Waals surface area (Å²) < 4.78 is 0. The molecule has 0 bridgehead atoms. The van der Waals surface area contributed by atoms with Crippen LogP contribution >= 0.6 is 11.6 Å². The number of rotatable bonds is 7. The molecule has 0 saturated heterocycles. The topological polar surface area (TPSA) is 77.7 Å². The summed E-state index contributed by atoms with van der Waals surface area (Å²) in [6.07, 6.45) is 4.14. The zero-order chi connectivity index (χ0) is 27.2. The molecule has 0 radical (unpaired) electrons. The zero-order valence-electron chi connectivity index (χ0n) is 21.5. The number of nitriles is 1. The van der Waals surface area contributed by atoms with Crippen LogP contribution in [0, 0.1) is 25.2 Å². The van der Waals surface area contributed by atoms with Crippen molar-refractivity contribution >= 4 is 52.5 Å². The van der Waals surface area contributed by atoms with Gasteiger partial charge in [0.25, 0.3) is 0 Å². The van der Waals surface area contributed by atoms with Crippen molar-refractivity contribution in [3.8, 4) is 6.07 Å². The second-order valence-electron chi connectivity index (χ2n) is 9.04. The highest BCUT2D eigenvalue weighted by Gasteiger charge is 2.12. The van der Waals surface area contributed by atoms with E-state index in [2.05, 4.69) is 124 Å². The summed E-state index contributed by atoms with van der Waals surface area (Å²) in [6.45, 7) is 4.20. The van der Waals surface area contributed by atoms with Crippen LogP contribution in [0.4, 0.5) is 28.7 Å². The minimum Gasteiger partial charge on any atom is -0.324 e. The summed E-state index contributed by atoms with van der Waals surface area (Å²) in [7, 11) is 0. The fourth-order valence-electron chi connectivity index (χ4n) is 4.02. The lowest BCUT2D eigenvalue weighted by atomic mass is 10.1. The van der Waals surface area contributed by atoms with Gasteiger partial charge in [0, 0.05) is 22.7 Å². The van der Waals surface area contributed by atoms with Crippen molar-refractivity contribution in [1.29, 1.82) is 5.26 Å². The quantitative estimate of drug-likeness (QED) is 0.214. The molecule has 0 aliphatic rings. The Morgan fingerprint density at radius 3 is 1.62 bits per heavy atom. The fraction of sp³-hybridized carbons (Fsp3) is 0.0625. The Bertz CT molecular complexity index is 1590. The van der Waals surface area contributed by atoms with Gasteiger partial charge in [-0.2, -0.15) is 20.2 Å². The third-order valence-corrected chi connectivity index (χ3v) is 6.25. The molecule has 1 aromatic heterocycles. The number of hydrogen-bond acceptors (Lipinski definition) is 6. The maximum atomic E-state index is 9.01. The predicted molar refractivity (Wildman–Crippen MR) is 159 cm³/mol. The van der Waals surface area contributed by atoms with Gasteiger partial charge < -0.3 is 10.2 Å². The Morgan fingerprint density at radius 2 is 1.13 bits per heavy atom. The summed E-state index contributed by atoms with van der Waals surface area (Å²) in [5, 5.41) is 12.0. The minimum absolute atomic E-state index is 0.0320. The average Bonchev–Trinajstić information content (AvgIpc) is 2.95. The highest BCUT2D eigenvalue weighted by Crippen LogP contribution is 2.35. The fourth-order valence-corrected chi connectivity index (χ4v) is 4.18. The Balaban J connectivity index is 1.31. The lowest BCUT2D eigenvalue weighted by Gasteiger charge is -2.25. The van der Waals surface area contributed by atoms with Gasteiger partial charge >= 0.3 is 0 Å². The monoisotopic (exact) mass is 528 g/mol. The molecule has 4 aromatic carbocycles. The van der Waals surface area contributed by atoms with Crippen molar-refractivity contribution in [2.75, 3.05) is 10.2 Å². The molecule has 0 saturated carbocycles. The summed E-state index contributed by atoms with van der Waals surface area (Å²) in [6, 6.07) is 35.3. The van der Waals surface area contributed by atoms with Crippen molar-refractivity contribution in [3.05, 3.63) is 130 Å². The molecule has 0 aliphatic heterocycles. The van der Waals surface area contributed by atoms with Gasteiger partial charge in [-0.15, -0.1) is 0 Å². The lowest BCUT2D eigenvalue weighted by molar-refractivity contribution is 1.02. The van der Waals surface area contributed by atoms with E-state index < -0.39 is 0 Å². The molecule has 7 heteroatoms. The van der Waals surface area contributed by atoms with Gasteiger partial charge in [-0.1, -0.05) is 71.8 Å². The number of hydrogen-bond donors (Lipinski definition) is 1. The van der Waals surface area contributed by atoms with Crippen LogP contribution in [0.5, 0.6) is 0 Å². The van der Waals surface area contributed by atoms with E-state index in [1.54, 1.807) is 0 Å². The zero-order valence-corrected chi connectivity index (χ0v) is 22.3. The van der Waals surface area contributed by atoms with Gasteiger partial charge in [0.05, 0.1) is 0 Å². The van der Waals surface area contributed by atoms with Gasteiger partial charge in [0.2, 0.25) is 17.1 Å². The third-order valence-electron chi connectivity index (χ3n) is 6.08. The van der Waals surface area contributed by atoms with Crippen molar-refractivity contribution in [3.63, 3.8) is 0 Å². The standard InChI is InChI=1S/C32H25ClN6/c1-22-3-15-27(16-4-22)39(28-17-5-23(2)6-18-28)29-19-11-25(12-20-29)8-7-24-9-13-26(14-10-24)35-32-37-30(21-34)36-31(33)38-32/h3-20H,1-2H3,(H,35,36,37,38)/b8-7+. The van der Waals surface area contributed by atoms with Crippen LogP contribution in [-0.2, 0) is 0 Å². The number of halogens is 1. The number of aryl methyl sites for hydroxylation is 2. The first-order chi connectivity index (χ1) is 19.0. The summed E-state index contributed by atoms with van der Waals surface area (Å²) in [5.74, 6) is 0.184. The van der Waals surface area contributed by atoms with E-state index in [0.717, 1.165) is 33.9 Å². The van der Waals surface area contributed by atoms with Crippen LogP contribution in [-0.4, -0.2) is 15.0 Å². The van der Waals surface area contributed by atoms with E-state index in [9.17, 15) is 0 Å². The molecule has 0 aliphatic carbocycles. The molecule has 5 rings (SSSR count). The number of anilines is 5. The van der Waals surface area contributed by atoms with Gasteiger partial charge in [0.15, 0.2) is 0 Å². The van der Waals surface area contributed by atoms with Gasteiger partial charge in [-0.05, 0) is 85.1 Å². The first-order valence-electron chi connectivity index (χ1n) is 12.4. The molecule has 0 spiro atoms. The van der Waals surface area contributed by atoms with Gasteiger partial charge in [-0.3, -0.25) is 0 Å². The first-order valence-corrected chi connectivity index (χ1v) is 12.7. The number of aromatic nitrogens is 3. The highest BCUT2D eigenvalue weighted by molar-refractivity contribution is 6.28. The van der Waals surface area contributed by atoms with Crippen LogP contribution in [0.25, 0.3) is 12.2 Å². The van der Waals surface area contributed by atoms with E-state index in [1.165, 1.54) is 11.1 Å². The first kappa shape index (κ1) is 25.7. The van der Waals surface area contributed by atoms with Crippen LogP contribution in [0.15, 0.2) is 97.1 Å². The Hall–Kier alpha value is -4.99. The summed E-state index contributed by atoms with van der Waals surface area (Å²) in [5.41, 5.74) is 8.69. The largest absolute Gasteiger partial charge is 0.324 e. The molecule has 1 N–H and O–H groups in total. The number of nitrogens with zero attached hydrogens (tertiary/aromatic N) is 5.